The Hall–Kier alpha value is -1.25. The van der Waals surface area contributed by atoms with Crippen LogP contribution in [0.5, 0.6) is 5.75 Å². The summed E-state index contributed by atoms with van der Waals surface area (Å²) in [5, 5.41) is 0. The van der Waals surface area contributed by atoms with Gasteiger partial charge in [0.1, 0.15) is 0 Å². The Labute approximate surface area is 71.1 Å². The normalized spacial score (nSPS) is 9.92. The van der Waals surface area contributed by atoms with Gasteiger partial charge in [-0.15, -0.1) is 0 Å². The highest BCUT2D eigenvalue weighted by atomic mass is 19.1. The fourth-order valence-corrected chi connectivity index (χ4v) is 0.937. The van der Waals surface area contributed by atoms with E-state index in [4.69, 9.17) is 10.5 Å². The third-order valence-corrected chi connectivity index (χ3v) is 1.62. The van der Waals surface area contributed by atoms with Crippen LogP contribution in [0.4, 0.5) is 10.1 Å². The Morgan fingerprint density at radius 2 is 2.17 bits per heavy atom. The van der Waals surface area contributed by atoms with Crippen molar-refractivity contribution in [2.45, 2.75) is 13.8 Å². The van der Waals surface area contributed by atoms with Gasteiger partial charge in [0.15, 0.2) is 11.6 Å². The minimum Gasteiger partial charge on any atom is -0.491 e. The molecule has 0 aliphatic rings. The number of anilines is 1. The molecular weight excluding hydrogens is 157 g/mol. The first kappa shape index (κ1) is 8.84. The molecule has 0 fully saturated rings. The van der Waals surface area contributed by atoms with Crippen LogP contribution in [0.15, 0.2) is 12.1 Å². The van der Waals surface area contributed by atoms with Crippen molar-refractivity contribution < 1.29 is 9.13 Å². The van der Waals surface area contributed by atoms with Gasteiger partial charge in [-0.3, -0.25) is 0 Å². The topological polar surface area (TPSA) is 35.2 Å². The molecule has 0 saturated carbocycles. The van der Waals surface area contributed by atoms with Gasteiger partial charge in [-0.25, -0.2) is 4.39 Å². The molecule has 1 rings (SSSR count). The van der Waals surface area contributed by atoms with E-state index in [1.54, 1.807) is 6.07 Å². The van der Waals surface area contributed by atoms with Crippen molar-refractivity contribution in [3.05, 3.63) is 23.5 Å². The average molecular weight is 169 g/mol. The van der Waals surface area contributed by atoms with Crippen molar-refractivity contribution in [1.29, 1.82) is 0 Å². The van der Waals surface area contributed by atoms with E-state index in [1.807, 2.05) is 13.8 Å². The SMILES string of the molecule is CCOc1cc(C)c(N)cc1F. The van der Waals surface area contributed by atoms with Gasteiger partial charge in [0.2, 0.25) is 0 Å². The number of nitrogen functional groups attached to an aromatic ring is 1. The third kappa shape index (κ3) is 1.67. The molecule has 0 spiro atoms. The molecule has 0 aliphatic carbocycles. The lowest BCUT2D eigenvalue weighted by atomic mass is 10.2. The highest BCUT2D eigenvalue weighted by molar-refractivity contribution is 5.50. The second-order valence-corrected chi connectivity index (χ2v) is 2.57. The van der Waals surface area contributed by atoms with Gasteiger partial charge in [0.25, 0.3) is 0 Å². The van der Waals surface area contributed by atoms with Crippen LogP contribution in [-0.2, 0) is 0 Å². The Balaban J connectivity index is 3.05. The third-order valence-electron chi connectivity index (χ3n) is 1.62. The monoisotopic (exact) mass is 169 g/mol. The first-order valence-corrected chi connectivity index (χ1v) is 3.83. The molecule has 3 heteroatoms. The van der Waals surface area contributed by atoms with Crippen molar-refractivity contribution in [2.24, 2.45) is 0 Å². The Morgan fingerprint density at radius 3 is 2.75 bits per heavy atom. The standard InChI is InChI=1S/C9H12FNO/c1-3-12-9-4-6(2)8(11)5-7(9)10/h4-5H,3,11H2,1-2H3. The average Bonchev–Trinajstić information content (AvgIpc) is 2.01. The van der Waals surface area contributed by atoms with E-state index in [2.05, 4.69) is 0 Å². The highest BCUT2D eigenvalue weighted by Gasteiger charge is 2.05. The van der Waals surface area contributed by atoms with Crippen molar-refractivity contribution >= 4 is 5.69 Å². The molecule has 1 aromatic carbocycles. The molecule has 0 bridgehead atoms. The number of rotatable bonds is 2. The van der Waals surface area contributed by atoms with Crippen molar-refractivity contribution in [3.63, 3.8) is 0 Å². The van der Waals surface area contributed by atoms with Crippen LogP contribution in [0.25, 0.3) is 0 Å². The summed E-state index contributed by atoms with van der Waals surface area (Å²) in [5.74, 6) is -0.135. The summed E-state index contributed by atoms with van der Waals surface area (Å²) in [6.07, 6.45) is 0. The Bertz CT molecular complexity index is 286. The quantitative estimate of drug-likeness (QED) is 0.688. The zero-order chi connectivity index (χ0) is 9.14. The van der Waals surface area contributed by atoms with Gasteiger partial charge < -0.3 is 10.5 Å². The molecule has 0 heterocycles. The van der Waals surface area contributed by atoms with Crippen LogP contribution in [0.1, 0.15) is 12.5 Å². The molecule has 0 atom stereocenters. The van der Waals surface area contributed by atoms with Crippen LogP contribution in [0.2, 0.25) is 0 Å². The summed E-state index contributed by atoms with van der Waals surface area (Å²) in [7, 11) is 0. The molecule has 2 N–H and O–H groups in total. The molecule has 0 saturated heterocycles. The molecular formula is C9H12FNO. The smallest absolute Gasteiger partial charge is 0.167 e. The maximum Gasteiger partial charge on any atom is 0.167 e. The Morgan fingerprint density at radius 1 is 1.50 bits per heavy atom. The summed E-state index contributed by atoms with van der Waals surface area (Å²) in [5.41, 5.74) is 6.78. The fourth-order valence-electron chi connectivity index (χ4n) is 0.937. The van der Waals surface area contributed by atoms with Crippen LogP contribution < -0.4 is 10.5 Å². The molecule has 0 aliphatic heterocycles. The number of aryl methyl sites for hydroxylation is 1. The predicted octanol–water partition coefficient (Wildman–Crippen LogP) is 2.12. The van der Waals surface area contributed by atoms with Gasteiger partial charge in [-0.05, 0) is 25.5 Å². The summed E-state index contributed by atoms with van der Waals surface area (Å²) < 4.78 is 18.1. The van der Waals surface area contributed by atoms with E-state index < -0.39 is 5.82 Å². The van der Waals surface area contributed by atoms with Crippen LogP contribution in [0, 0.1) is 12.7 Å². The summed E-state index contributed by atoms with van der Waals surface area (Å²) in [4.78, 5) is 0. The maximum atomic E-state index is 13.0. The largest absolute Gasteiger partial charge is 0.491 e. The lowest BCUT2D eigenvalue weighted by molar-refractivity contribution is 0.321. The zero-order valence-electron chi connectivity index (χ0n) is 7.23. The molecule has 0 radical (unpaired) electrons. The summed E-state index contributed by atoms with van der Waals surface area (Å²) >= 11 is 0. The van der Waals surface area contributed by atoms with Gasteiger partial charge >= 0.3 is 0 Å². The van der Waals surface area contributed by atoms with Crippen molar-refractivity contribution in [2.75, 3.05) is 12.3 Å². The van der Waals surface area contributed by atoms with E-state index in [0.29, 0.717) is 12.3 Å². The number of hydrogen-bond donors (Lipinski definition) is 1. The van der Waals surface area contributed by atoms with E-state index in [9.17, 15) is 4.39 Å². The number of ether oxygens (including phenoxy) is 1. The van der Waals surface area contributed by atoms with Crippen LogP contribution >= 0.6 is 0 Å². The van der Waals surface area contributed by atoms with Crippen molar-refractivity contribution in [1.82, 2.24) is 0 Å². The van der Waals surface area contributed by atoms with Gasteiger partial charge in [-0.2, -0.15) is 0 Å². The highest BCUT2D eigenvalue weighted by Crippen LogP contribution is 2.23. The van der Waals surface area contributed by atoms with E-state index >= 15 is 0 Å². The number of halogens is 1. The number of hydrogen-bond acceptors (Lipinski definition) is 2. The molecule has 1 aromatic rings. The van der Waals surface area contributed by atoms with E-state index in [0.717, 1.165) is 5.56 Å². The number of nitrogens with two attached hydrogens (primary N) is 1. The zero-order valence-corrected chi connectivity index (χ0v) is 7.23. The molecule has 66 valence electrons. The summed E-state index contributed by atoms with van der Waals surface area (Å²) in [6, 6.07) is 2.88. The number of benzene rings is 1. The minimum absolute atomic E-state index is 0.268. The van der Waals surface area contributed by atoms with Crippen LogP contribution in [-0.4, -0.2) is 6.61 Å². The summed E-state index contributed by atoms with van der Waals surface area (Å²) in [6.45, 7) is 4.09. The second-order valence-electron chi connectivity index (χ2n) is 2.57. The molecule has 0 unspecified atom stereocenters. The van der Waals surface area contributed by atoms with Crippen LogP contribution in [0.3, 0.4) is 0 Å². The second kappa shape index (κ2) is 3.43. The molecule has 2 nitrogen and oxygen atoms in total. The van der Waals surface area contributed by atoms with Crippen molar-refractivity contribution in [3.8, 4) is 5.75 Å². The van der Waals surface area contributed by atoms with Gasteiger partial charge in [0, 0.05) is 11.8 Å². The Kier molecular flexibility index (Phi) is 2.53. The van der Waals surface area contributed by atoms with E-state index in [1.165, 1.54) is 6.07 Å². The van der Waals surface area contributed by atoms with Gasteiger partial charge in [0.05, 0.1) is 6.61 Å². The van der Waals surface area contributed by atoms with Gasteiger partial charge in [-0.1, -0.05) is 0 Å². The molecule has 0 amide bonds. The minimum atomic E-state index is -0.403. The first-order chi connectivity index (χ1) is 5.65. The maximum absolute atomic E-state index is 13.0. The van der Waals surface area contributed by atoms with E-state index in [-0.39, 0.29) is 5.75 Å². The fraction of sp³-hybridized carbons (Fsp3) is 0.333. The lowest BCUT2D eigenvalue weighted by Crippen LogP contribution is -1.97. The molecule has 12 heavy (non-hydrogen) atoms. The first-order valence-electron chi connectivity index (χ1n) is 3.83. The predicted molar refractivity (Wildman–Crippen MR) is 46.7 cm³/mol. The molecule has 0 aromatic heterocycles. The lowest BCUT2D eigenvalue weighted by Gasteiger charge is -2.06.